The van der Waals surface area contributed by atoms with Crippen molar-refractivity contribution in [2.75, 3.05) is 0 Å². The molecular formula is C18H19NO2. The smallest absolute Gasteiger partial charge is 0.303 e. The molecule has 0 fully saturated rings. The summed E-state index contributed by atoms with van der Waals surface area (Å²) in [6.45, 7) is 5.26. The fourth-order valence-electron chi connectivity index (χ4n) is 2.03. The molecule has 108 valence electrons. The van der Waals surface area contributed by atoms with Crippen LogP contribution in [-0.4, -0.2) is 11.0 Å². The van der Waals surface area contributed by atoms with E-state index in [1.807, 2.05) is 68.5 Å². The third-order valence-corrected chi connectivity index (χ3v) is 3.11. The standard InChI is InChI=1S/C18H19NO2/c1-13-5-4-6-18(19-13)12-9-16-7-10-17(11-8-16)14(2)21-15(3)20/h4-12,14H,1-3H3. The number of benzene rings is 1. The molecule has 21 heavy (non-hydrogen) atoms. The summed E-state index contributed by atoms with van der Waals surface area (Å²) in [6.07, 6.45) is 3.78. The Hall–Kier alpha value is -2.42. The van der Waals surface area contributed by atoms with Crippen molar-refractivity contribution in [3.63, 3.8) is 0 Å². The zero-order valence-corrected chi connectivity index (χ0v) is 12.5. The molecule has 1 aromatic carbocycles. The number of aromatic nitrogens is 1. The van der Waals surface area contributed by atoms with Crippen molar-refractivity contribution in [1.82, 2.24) is 4.98 Å². The molecule has 2 rings (SSSR count). The number of hydrogen-bond donors (Lipinski definition) is 0. The van der Waals surface area contributed by atoms with E-state index in [-0.39, 0.29) is 12.1 Å². The van der Waals surface area contributed by atoms with E-state index in [2.05, 4.69) is 4.98 Å². The van der Waals surface area contributed by atoms with E-state index >= 15 is 0 Å². The summed E-state index contributed by atoms with van der Waals surface area (Å²) >= 11 is 0. The second kappa shape index (κ2) is 6.84. The minimum Gasteiger partial charge on any atom is -0.458 e. The molecule has 0 spiro atoms. The summed E-state index contributed by atoms with van der Waals surface area (Å²) in [7, 11) is 0. The van der Waals surface area contributed by atoms with Gasteiger partial charge in [-0.3, -0.25) is 9.78 Å². The lowest BCUT2D eigenvalue weighted by Crippen LogP contribution is -2.04. The molecule has 0 bridgehead atoms. The molecule has 0 aliphatic heterocycles. The van der Waals surface area contributed by atoms with E-state index in [1.54, 1.807) is 0 Å². The molecule has 3 nitrogen and oxygen atoms in total. The molecule has 0 N–H and O–H groups in total. The van der Waals surface area contributed by atoms with Gasteiger partial charge in [0, 0.05) is 12.6 Å². The molecule has 0 saturated carbocycles. The third kappa shape index (κ3) is 4.56. The second-order valence-corrected chi connectivity index (χ2v) is 4.96. The number of ether oxygens (including phenoxy) is 1. The molecule has 0 saturated heterocycles. The molecule has 1 unspecified atom stereocenters. The second-order valence-electron chi connectivity index (χ2n) is 4.96. The Labute approximate surface area is 125 Å². The quantitative estimate of drug-likeness (QED) is 0.789. The van der Waals surface area contributed by atoms with Gasteiger partial charge in [0.25, 0.3) is 0 Å². The largest absolute Gasteiger partial charge is 0.458 e. The normalized spacial score (nSPS) is 12.3. The average Bonchev–Trinajstić information content (AvgIpc) is 2.45. The Balaban J connectivity index is 2.07. The number of carbonyl (C=O) groups is 1. The first-order valence-electron chi connectivity index (χ1n) is 6.93. The van der Waals surface area contributed by atoms with Crippen LogP contribution in [0.15, 0.2) is 42.5 Å². The lowest BCUT2D eigenvalue weighted by molar-refractivity contribution is -0.145. The fourth-order valence-corrected chi connectivity index (χ4v) is 2.03. The van der Waals surface area contributed by atoms with Crippen molar-refractivity contribution in [3.05, 3.63) is 65.0 Å². The molecule has 2 aromatic rings. The average molecular weight is 281 g/mol. The SMILES string of the molecule is CC(=O)OC(C)c1ccc(C=Cc2cccc(C)n2)cc1. The van der Waals surface area contributed by atoms with E-state index in [1.165, 1.54) is 6.92 Å². The Morgan fingerprint density at radius 1 is 1.14 bits per heavy atom. The van der Waals surface area contributed by atoms with Gasteiger partial charge in [-0.05, 0) is 43.2 Å². The number of nitrogens with zero attached hydrogens (tertiary/aromatic N) is 1. The monoisotopic (exact) mass is 281 g/mol. The van der Waals surface area contributed by atoms with E-state index in [0.717, 1.165) is 22.5 Å². The highest BCUT2D eigenvalue weighted by molar-refractivity contribution is 5.68. The first kappa shape index (κ1) is 15.0. The molecule has 1 atom stereocenters. The Kier molecular flexibility index (Phi) is 4.88. The number of esters is 1. The van der Waals surface area contributed by atoms with Gasteiger partial charge >= 0.3 is 5.97 Å². The van der Waals surface area contributed by atoms with Crippen LogP contribution in [0, 0.1) is 6.92 Å². The lowest BCUT2D eigenvalue weighted by Gasteiger charge is -2.12. The van der Waals surface area contributed by atoms with Crippen LogP contribution in [0.5, 0.6) is 0 Å². The number of aryl methyl sites for hydroxylation is 1. The topological polar surface area (TPSA) is 39.2 Å². The van der Waals surface area contributed by atoms with Gasteiger partial charge in [-0.15, -0.1) is 0 Å². The molecular weight excluding hydrogens is 262 g/mol. The summed E-state index contributed by atoms with van der Waals surface area (Å²) in [5.74, 6) is -0.267. The van der Waals surface area contributed by atoms with Crippen LogP contribution in [0.3, 0.4) is 0 Å². The molecule has 3 heteroatoms. The summed E-state index contributed by atoms with van der Waals surface area (Å²) < 4.78 is 5.15. The predicted molar refractivity (Wildman–Crippen MR) is 84.5 cm³/mol. The van der Waals surface area contributed by atoms with Gasteiger partial charge in [0.05, 0.1) is 5.69 Å². The van der Waals surface area contributed by atoms with Gasteiger partial charge in [-0.2, -0.15) is 0 Å². The summed E-state index contributed by atoms with van der Waals surface area (Å²) in [5, 5.41) is 0. The van der Waals surface area contributed by atoms with Crippen LogP contribution in [0.4, 0.5) is 0 Å². The number of rotatable bonds is 4. The maximum absolute atomic E-state index is 10.9. The lowest BCUT2D eigenvalue weighted by atomic mass is 10.1. The highest BCUT2D eigenvalue weighted by Crippen LogP contribution is 2.18. The highest BCUT2D eigenvalue weighted by atomic mass is 16.5. The Bertz CT molecular complexity index is 645. The number of hydrogen-bond acceptors (Lipinski definition) is 3. The molecule has 0 radical (unpaired) electrons. The molecule has 0 amide bonds. The van der Waals surface area contributed by atoms with Gasteiger partial charge in [0.2, 0.25) is 0 Å². The third-order valence-electron chi connectivity index (χ3n) is 3.11. The van der Waals surface area contributed by atoms with Gasteiger partial charge < -0.3 is 4.74 Å². The van der Waals surface area contributed by atoms with Crippen molar-refractivity contribution in [1.29, 1.82) is 0 Å². The molecule has 0 aliphatic rings. The zero-order valence-electron chi connectivity index (χ0n) is 12.5. The van der Waals surface area contributed by atoms with Crippen LogP contribution < -0.4 is 0 Å². The number of carbonyl (C=O) groups excluding carboxylic acids is 1. The van der Waals surface area contributed by atoms with Crippen LogP contribution in [0.1, 0.15) is 42.5 Å². The predicted octanol–water partition coefficient (Wildman–Crippen LogP) is 4.18. The van der Waals surface area contributed by atoms with Gasteiger partial charge in [0.1, 0.15) is 6.10 Å². The van der Waals surface area contributed by atoms with Crippen molar-refractivity contribution < 1.29 is 9.53 Å². The van der Waals surface area contributed by atoms with Crippen LogP contribution in [0.2, 0.25) is 0 Å². The minimum absolute atomic E-state index is 0.223. The van der Waals surface area contributed by atoms with Gasteiger partial charge in [0.15, 0.2) is 0 Å². The highest BCUT2D eigenvalue weighted by Gasteiger charge is 2.07. The Morgan fingerprint density at radius 2 is 1.86 bits per heavy atom. The minimum atomic E-state index is -0.267. The van der Waals surface area contributed by atoms with Crippen molar-refractivity contribution in [2.45, 2.75) is 26.9 Å². The van der Waals surface area contributed by atoms with Crippen molar-refractivity contribution >= 4 is 18.1 Å². The first-order valence-corrected chi connectivity index (χ1v) is 6.93. The van der Waals surface area contributed by atoms with E-state index in [0.29, 0.717) is 0 Å². The van der Waals surface area contributed by atoms with Crippen molar-refractivity contribution in [2.24, 2.45) is 0 Å². The molecule has 0 aliphatic carbocycles. The molecule has 1 aromatic heterocycles. The van der Waals surface area contributed by atoms with E-state index < -0.39 is 0 Å². The number of pyridine rings is 1. The zero-order chi connectivity index (χ0) is 15.2. The summed E-state index contributed by atoms with van der Waals surface area (Å²) in [5.41, 5.74) is 4.00. The van der Waals surface area contributed by atoms with E-state index in [4.69, 9.17) is 4.74 Å². The van der Waals surface area contributed by atoms with Crippen molar-refractivity contribution in [3.8, 4) is 0 Å². The maximum atomic E-state index is 10.9. The summed E-state index contributed by atoms with van der Waals surface area (Å²) in [4.78, 5) is 15.4. The first-order chi connectivity index (χ1) is 10.0. The van der Waals surface area contributed by atoms with Crippen LogP contribution in [-0.2, 0) is 9.53 Å². The fraction of sp³-hybridized carbons (Fsp3) is 0.222. The van der Waals surface area contributed by atoms with Gasteiger partial charge in [-0.25, -0.2) is 0 Å². The maximum Gasteiger partial charge on any atom is 0.303 e. The van der Waals surface area contributed by atoms with E-state index in [9.17, 15) is 4.79 Å². The molecule has 1 heterocycles. The van der Waals surface area contributed by atoms with Gasteiger partial charge in [-0.1, -0.05) is 36.4 Å². The summed E-state index contributed by atoms with van der Waals surface area (Å²) in [6, 6.07) is 13.9. The Morgan fingerprint density at radius 3 is 2.48 bits per heavy atom. The van der Waals surface area contributed by atoms with Crippen LogP contribution in [0.25, 0.3) is 12.2 Å². The van der Waals surface area contributed by atoms with Crippen LogP contribution >= 0.6 is 0 Å².